The first-order chi connectivity index (χ1) is 10.4. The molecule has 0 aliphatic heterocycles. The van der Waals surface area contributed by atoms with E-state index < -0.39 is 8.80 Å². The molecule has 0 spiro atoms. The molecule has 0 fully saturated rings. The molecule has 0 atom stereocenters. The van der Waals surface area contributed by atoms with Crippen molar-refractivity contribution in [3.05, 3.63) is 83.6 Å². The first-order valence-corrected chi connectivity index (χ1v) is 9.96. The Morgan fingerprint density at radius 2 is 1.05 bits per heavy atom. The maximum Gasteiger partial charge on any atom is 0.0811 e. The summed E-state index contributed by atoms with van der Waals surface area (Å²) >= 11 is 0. The van der Waals surface area contributed by atoms with Crippen LogP contribution in [0.3, 0.4) is 0 Å². The molecule has 0 N–H and O–H groups in total. The lowest BCUT2D eigenvalue weighted by molar-refractivity contribution is 0.646. The minimum atomic E-state index is -1.29. The molecule has 0 saturated heterocycles. The van der Waals surface area contributed by atoms with Crippen LogP contribution in [-0.2, 0) is 10.1 Å². The standard InChI is InChI=1S/C21H28Si/c1-6-17-22(20(2,3)18-13-9-7-10-14-18)21(4,5)19-15-11-8-12-16-19/h6-17,22H,1-5H3. The molecule has 0 aromatic heterocycles. The molecule has 2 aromatic carbocycles. The molecule has 0 radical (unpaired) electrons. The van der Waals surface area contributed by atoms with Gasteiger partial charge in [-0.25, -0.2) is 0 Å². The molecular formula is C21H28Si. The van der Waals surface area contributed by atoms with Crippen molar-refractivity contribution in [1.29, 1.82) is 0 Å². The Bertz CT molecular complexity index is 557. The number of allylic oxidation sites excluding steroid dienone is 1. The zero-order chi connectivity index (χ0) is 16.2. The molecular weight excluding hydrogens is 280 g/mol. The average Bonchev–Trinajstić information content (AvgIpc) is 2.54. The van der Waals surface area contributed by atoms with Crippen LogP contribution in [0.5, 0.6) is 0 Å². The quantitative estimate of drug-likeness (QED) is 0.652. The van der Waals surface area contributed by atoms with Gasteiger partial charge in [-0.05, 0) is 28.1 Å². The van der Waals surface area contributed by atoms with Crippen molar-refractivity contribution < 1.29 is 0 Å². The second-order valence-electron chi connectivity index (χ2n) is 7.18. The molecule has 1 heteroatoms. The lowest BCUT2D eigenvalue weighted by atomic mass is 10.0. The molecule has 0 amide bonds. The fourth-order valence-electron chi connectivity index (χ4n) is 3.67. The van der Waals surface area contributed by atoms with Crippen molar-refractivity contribution in [2.24, 2.45) is 0 Å². The zero-order valence-electron chi connectivity index (χ0n) is 14.5. The van der Waals surface area contributed by atoms with Gasteiger partial charge >= 0.3 is 0 Å². The van der Waals surface area contributed by atoms with Crippen LogP contribution in [0.1, 0.15) is 45.7 Å². The Morgan fingerprint density at radius 1 is 0.682 bits per heavy atom. The third-order valence-electron chi connectivity index (χ3n) is 4.98. The van der Waals surface area contributed by atoms with Crippen LogP contribution in [0.4, 0.5) is 0 Å². The van der Waals surface area contributed by atoms with Crippen LogP contribution in [-0.4, -0.2) is 8.80 Å². The molecule has 0 aliphatic rings. The lowest BCUT2D eigenvalue weighted by Crippen LogP contribution is -2.50. The summed E-state index contributed by atoms with van der Waals surface area (Å²) in [6, 6.07) is 22.0. The summed E-state index contributed by atoms with van der Waals surface area (Å²) in [5.74, 6) is 0. The van der Waals surface area contributed by atoms with Gasteiger partial charge in [-0.1, -0.05) is 94.4 Å². The van der Waals surface area contributed by atoms with Crippen LogP contribution in [0.2, 0.25) is 0 Å². The fourth-order valence-corrected chi connectivity index (χ4v) is 7.92. The monoisotopic (exact) mass is 308 g/mol. The second-order valence-corrected chi connectivity index (χ2v) is 11.4. The van der Waals surface area contributed by atoms with E-state index >= 15 is 0 Å². The topological polar surface area (TPSA) is 0 Å². The Hall–Kier alpha value is -1.60. The minimum absolute atomic E-state index is 0.201. The highest BCUT2D eigenvalue weighted by Crippen LogP contribution is 2.38. The predicted molar refractivity (Wildman–Crippen MR) is 101 cm³/mol. The van der Waals surface area contributed by atoms with Gasteiger partial charge in [0, 0.05) is 0 Å². The summed E-state index contributed by atoms with van der Waals surface area (Å²) in [6.07, 6.45) is 2.26. The van der Waals surface area contributed by atoms with Gasteiger partial charge in [0.15, 0.2) is 0 Å². The number of benzene rings is 2. The van der Waals surface area contributed by atoms with E-state index in [2.05, 4.69) is 107 Å². The lowest BCUT2D eigenvalue weighted by Gasteiger charge is -2.43. The average molecular weight is 309 g/mol. The highest BCUT2D eigenvalue weighted by Gasteiger charge is 2.42. The van der Waals surface area contributed by atoms with Crippen LogP contribution < -0.4 is 0 Å². The molecule has 0 unspecified atom stereocenters. The number of hydrogen-bond donors (Lipinski definition) is 0. The molecule has 0 aliphatic carbocycles. The first-order valence-electron chi connectivity index (χ1n) is 8.14. The minimum Gasteiger partial charge on any atom is -0.100 e. The van der Waals surface area contributed by atoms with E-state index in [9.17, 15) is 0 Å². The summed E-state index contributed by atoms with van der Waals surface area (Å²) in [4.78, 5) is 0. The van der Waals surface area contributed by atoms with Gasteiger partial charge in [-0.3, -0.25) is 0 Å². The van der Waals surface area contributed by atoms with Crippen LogP contribution in [0.25, 0.3) is 0 Å². The van der Waals surface area contributed by atoms with Crippen LogP contribution in [0.15, 0.2) is 72.4 Å². The van der Waals surface area contributed by atoms with Gasteiger partial charge in [-0.15, -0.1) is 5.70 Å². The first kappa shape index (κ1) is 16.8. The van der Waals surface area contributed by atoms with Gasteiger partial charge in [-0.2, -0.15) is 0 Å². The summed E-state index contributed by atoms with van der Waals surface area (Å²) < 4.78 is 0. The molecule has 2 aromatic rings. The van der Waals surface area contributed by atoms with Gasteiger partial charge in [0.25, 0.3) is 0 Å². The van der Waals surface area contributed by atoms with Crippen molar-refractivity contribution >= 4 is 8.80 Å². The highest BCUT2D eigenvalue weighted by molar-refractivity contribution is 6.70. The SMILES string of the molecule is CC=C[SiH](C(C)(C)c1ccccc1)C(C)(C)c1ccccc1. The van der Waals surface area contributed by atoms with Crippen molar-refractivity contribution in [3.8, 4) is 0 Å². The van der Waals surface area contributed by atoms with Crippen molar-refractivity contribution in [3.63, 3.8) is 0 Å². The van der Waals surface area contributed by atoms with Crippen molar-refractivity contribution in [1.82, 2.24) is 0 Å². The van der Waals surface area contributed by atoms with Crippen LogP contribution >= 0.6 is 0 Å². The van der Waals surface area contributed by atoms with Crippen LogP contribution in [0, 0.1) is 0 Å². The Balaban J connectivity index is 2.50. The van der Waals surface area contributed by atoms with Gasteiger partial charge in [0.1, 0.15) is 0 Å². The predicted octanol–water partition coefficient (Wildman–Crippen LogP) is 5.36. The van der Waals surface area contributed by atoms with Crippen molar-refractivity contribution in [2.45, 2.75) is 44.7 Å². The third kappa shape index (κ3) is 3.25. The summed E-state index contributed by atoms with van der Waals surface area (Å²) in [6.45, 7) is 11.8. The normalized spacial score (nSPS) is 13.0. The molecule has 2 rings (SSSR count). The Kier molecular flexibility index (Phi) is 5.07. The molecule has 116 valence electrons. The molecule has 22 heavy (non-hydrogen) atoms. The molecule has 0 saturated carbocycles. The van der Waals surface area contributed by atoms with E-state index in [1.165, 1.54) is 11.1 Å². The maximum absolute atomic E-state index is 2.51. The number of rotatable bonds is 5. The third-order valence-corrected chi connectivity index (χ3v) is 9.52. The van der Waals surface area contributed by atoms with E-state index in [0.29, 0.717) is 0 Å². The summed E-state index contributed by atoms with van der Waals surface area (Å²) in [5.41, 5.74) is 5.42. The number of hydrogen-bond acceptors (Lipinski definition) is 0. The largest absolute Gasteiger partial charge is 0.100 e. The van der Waals surface area contributed by atoms with E-state index in [1.807, 2.05) is 0 Å². The fraction of sp³-hybridized carbons (Fsp3) is 0.333. The second kappa shape index (κ2) is 6.66. The maximum atomic E-state index is 2.51. The summed E-state index contributed by atoms with van der Waals surface area (Å²) in [5, 5.41) is 0.403. The van der Waals surface area contributed by atoms with E-state index in [0.717, 1.165) is 0 Å². The smallest absolute Gasteiger partial charge is 0.0811 e. The summed E-state index contributed by atoms with van der Waals surface area (Å²) in [7, 11) is -1.29. The van der Waals surface area contributed by atoms with Crippen molar-refractivity contribution in [2.75, 3.05) is 0 Å². The highest BCUT2D eigenvalue weighted by atomic mass is 28.3. The van der Waals surface area contributed by atoms with Gasteiger partial charge in [0.2, 0.25) is 0 Å². The zero-order valence-corrected chi connectivity index (χ0v) is 15.7. The Morgan fingerprint density at radius 3 is 1.36 bits per heavy atom. The van der Waals surface area contributed by atoms with Gasteiger partial charge < -0.3 is 0 Å². The van der Waals surface area contributed by atoms with E-state index in [1.54, 1.807) is 0 Å². The molecule has 0 bridgehead atoms. The Labute approximate surface area is 137 Å². The molecule has 0 nitrogen and oxygen atoms in total. The van der Waals surface area contributed by atoms with E-state index in [4.69, 9.17) is 0 Å². The van der Waals surface area contributed by atoms with Gasteiger partial charge in [0.05, 0.1) is 8.80 Å². The molecule has 0 heterocycles. The van der Waals surface area contributed by atoms with E-state index in [-0.39, 0.29) is 10.1 Å².